The van der Waals surface area contributed by atoms with Gasteiger partial charge < -0.3 is 15.7 Å². The van der Waals surface area contributed by atoms with Crippen LogP contribution in [-0.4, -0.2) is 36.1 Å². The molecule has 1 fully saturated rings. The Hall–Kier alpha value is -1.10. The molecule has 86 valence electrons. The van der Waals surface area contributed by atoms with E-state index in [1.165, 1.54) is 0 Å². The Labute approximate surface area is 89.2 Å². The van der Waals surface area contributed by atoms with E-state index >= 15 is 0 Å². The van der Waals surface area contributed by atoms with Gasteiger partial charge in [-0.15, -0.1) is 0 Å². The maximum absolute atomic E-state index is 11.9. The summed E-state index contributed by atoms with van der Waals surface area (Å²) >= 11 is 0. The van der Waals surface area contributed by atoms with Gasteiger partial charge in [0.2, 0.25) is 0 Å². The van der Waals surface area contributed by atoms with Crippen LogP contribution < -0.4 is 10.6 Å². The molecule has 0 aromatic rings. The van der Waals surface area contributed by atoms with Crippen LogP contribution in [0.5, 0.6) is 0 Å². The molecule has 15 heavy (non-hydrogen) atoms. The second kappa shape index (κ2) is 5.70. The van der Waals surface area contributed by atoms with E-state index in [-0.39, 0.29) is 24.3 Å². The summed E-state index contributed by atoms with van der Waals surface area (Å²) in [5, 5.41) is 13.9. The average Bonchev–Trinajstić information content (AvgIpc) is 2.70. The molecule has 0 aliphatic carbocycles. The van der Waals surface area contributed by atoms with Crippen LogP contribution in [0.25, 0.3) is 0 Å². The van der Waals surface area contributed by atoms with Crippen molar-refractivity contribution in [2.75, 3.05) is 13.1 Å². The first-order chi connectivity index (χ1) is 7.15. The zero-order chi connectivity index (χ0) is 11.3. The molecule has 1 rings (SSSR count). The van der Waals surface area contributed by atoms with Gasteiger partial charge in [-0.25, -0.2) is 4.79 Å². The summed E-state index contributed by atoms with van der Waals surface area (Å²) in [4.78, 5) is 22.2. The number of carboxylic acid groups (broad SMARTS) is 1. The summed E-state index contributed by atoms with van der Waals surface area (Å²) in [5.41, 5.74) is 0. The van der Waals surface area contributed by atoms with E-state index in [1.807, 2.05) is 6.92 Å². The fourth-order valence-electron chi connectivity index (χ4n) is 1.87. The van der Waals surface area contributed by atoms with Gasteiger partial charge in [-0.3, -0.25) is 4.79 Å². The monoisotopic (exact) mass is 214 g/mol. The van der Waals surface area contributed by atoms with Crippen molar-refractivity contribution in [3.8, 4) is 0 Å². The summed E-state index contributed by atoms with van der Waals surface area (Å²) in [6.07, 6.45) is 1.51. The molecule has 3 N–H and O–H groups in total. The number of hydrogen-bond donors (Lipinski definition) is 3. The molecule has 0 spiro atoms. The number of amides is 1. The molecule has 5 heteroatoms. The summed E-state index contributed by atoms with van der Waals surface area (Å²) in [6, 6.07) is -0.0643. The van der Waals surface area contributed by atoms with Crippen LogP contribution in [0.1, 0.15) is 26.2 Å². The smallest absolute Gasteiger partial charge is 0.404 e. The van der Waals surface area contributed by atoms with Crippen LogP contribution in [-0.2, 0) is 4.79 Å². The normalized spacial score (nSPS) is 22.3. The fourth-order valence-corrected chi connectivity index (χ4v) is 1.87. The van der Waals surface area contributed by atoms with E-state index < -0.39 is 6.09 Å². The van der Waals surface area contributed by atoms with Crippen molar-refractivity contribution >= 4 is 11.9 Å². The molecule has 1 aliphatic heterocycles. The molecule has 0 bridgehead atoms. The van der Waals surface area contributed by atoms with Gasteiger partial charge in [-0.1, -0.05) is 6.92 Å². The molecule has 0 saturated carbocycles. The number of ketones is 1. The number of Topliss-reactive ketones (excluding diaryl/α,β-unsaturated/α-hetero) is 1. The molecule has 0 aromatic carbocycles. The van der Waals surface area contributed by atoms with Crippen molar-refractivity contribution in [3.05, 3.63) is 0 Å². The molecule has 1 aliphatic rings. The average molecular weight is 214 g/mol. The molecule has 1 amide bonds. The van der Waals surface area contributed by atoms with Gasteiger partial charge in [0.25, 0.3) is 0 Å². The van der Waals surface area contributed by atoms with Crippen LogP contribution in [0.15, 0.2) is 0 Å². The minimum Gasteiger partial charge on any atom is -0.465 e. The van der Waals surface area contributed by atoms with Gasteiger partial charge in [0.05, 0.1) is 6.04 Å². The standard InChI is InChI=1S/C10H18N2O3/c1-2-7(6-12-10(14)15)9(13)8-4-3-5-11-8/h7-8,11-12H,2-6H2,1H3,(H,14,15)/t7?,8-/m0/s1. The van der Waals surface area contributed by atoms with Gasteiger partial charge in [0.15, 0.2) is 5.78 Å². The van der Waals surface area contributed by atoms with Gasteiger partial charge >= 0.3 is 6.09 Å². The Morgan fingerprint density at radius 1 is 1.60 bits per heavy atom. The molecular formula is C10H18N2O3. The maximum atomic E-state index is 11.9. The van der Waals surface area contributed by atoms with Crippen LogP contribution in [0.3, 0.4) is 0 Å². The molecule has 2 atom stereocenters. The van der Waals surface area contributed by atoms with Crippen molar-refractivity contribution < 1.29 is 14.7 Å². The zero-order valence-corrected chi connectivity index (χ0v) is 8.95. The lowest BCUT2D eigenvalue weighted by molar-refractivity contribution is -0.124. The Morgan fingerprint density at radius 3 is 2.80 bits per heavy atom. The Morgan fingerprint density at radius 2 is 2.33 bits per heavy atom. The lowest BCUT2D eigenvalue weighted by Crippen LogP contribution is -2.40. The van der Waals surface area contributed by atoms with E-state index in [4.69, 9.17) is 5.11 Å². The van der Waals surface area contributed by atoms with Crippen molar-refractivity contribution in [1.82, 2.24) is 10.6 Å². The quantitative estimate of drug-likeness (QED) is 0.626. The molecule has 1 saturated heterocycles. The summed E-state index contributed by atoms with van der Waals surface area (Å²) in [5.74, 6) is -0.0551. The van der Waals surface area contributed by atoms with Crippen LogP contribution >= 0.6 is 0 Å². The summed E-state index contributed by atoms with van der Waals surface area (Å²) < 4.78 is 0. The molecule has 0 radical (unpaired) electrons. The number of carbonyl (C=O) groups excluding carboxylic acids is 1. The highest BCUT2D eigenvalue weighted by atomic mass is 16.4. The highest BCUT2D eigenvalue weighted by Gasteiger charge is 2.27. The van der Waals surface area contributed by atoms with E-state index in [1.54, 1.807) is 0 Å². The highest BCUT2D eigenvalue weighted by Crippen LogP contribution is 2.13. The van der Waals surface area contributed by atoms with Crippen molar-refractivity contribution in [3.63, 3.8) is 0 Å². The van der Waals surface area contributed by atoms with Crippen molar-refractivity contribution in [2.24, 2.45) is 5.92 Å². The van der Waals surface area contributed by atoms with Gasteiger partial charge in [-0.2, -0.15) is 0 Å². The molecule has 1 heterocycles. The van der Waals surface area contributed by atoms with E-state index in [9.17, 15) is 9.59 Å². The first-order valence-corrected chi connectivity index (χ1v) is 5.39. The summed E-state index contributed by atoms with van der Waals surface area (Å²) in [6.45, 7) is 3.02. The predicted octanol–water partition coefficient (Wildman–Crippen LogP) is 0.601. The SMILES string of the molecule is CCC(CNC(=O)O)C(=O)[C@@H]1CCCN1. The number of hydrogen-bond acceptors (Lipinski definition) is 3. The highest BCUT2D eigenvalue weighted by molar-refractivity contribution is 5.87. The van der Waals surface area contributed by atoms with Gasteiger partial charge in [-0.05, 0) is 25.8 Å². The zero-order valence-electron chi connectivity index (χ0n) is 8.95. The number of carbonyl (C=O) groups is 2. The van der Waals surface area contributed by atoms with Crippen LogP contribution in [0, 0.1) is 5.92 Å². The third-order valence-electron chi connectivity index (χ3n) is 2.80. The maximum Gasteiger partial charge on any atom is 0.404 e. The van der Waals surface area contributed by atoms with Crippen LogP contribution in [0.2, 0.25) is 0 Å². The van der Waals surface area contributed by atoms with Crippen molar-refractivity contribution in [1.29, 1.82) is 0 Å². The van der Waals surface area contributed by atoms with E-state index in [0.717, 1.165) is 19.4 Å². The third kappa shape index (κ3) is 3.51. The third-order valence-corrected chi connectivity index (χ3v) is 2.80. The van der Waals surface area contributed by atoms with Crippen LogP contribution in [0.4, 0.5) is 4.79 Å². The van der Waals surface area contributed by atoms with E-state index in [0.29, 0.717) is 6.42 Å². The first kappa shape index (κ1) is 12.0. The molecule has 1 unspecified atom stereocenters. The predicted molar refractivity (Wildman–Crippen MR) is 55.8 cm³/mol. The molecular weight excluding hydrogens is 196 g/mol. The van der Waals surface area contributed by atoms with Gasteiger partial charge in [0.1, 0.15) is 0 Å². The second-order valence-corrected chi connectivity index (χ2v) is 3.84. The Bertz CT molecular complexity index is 237. The van der Waals surface area contributed by atoms with Crippen molar-refractivity contribution in [2.45, 2.75) is 32.2 Å². The topological polar surface area (TPSA) is 78.4 Å². The minimum absolute atomic E-state index is 0.0643. The fraction of sp³-hybridized carbons (Fsp3) is 0.800. The summed E-state index contributed by atoms with van der Waals surface area (Å²) in [7, 11) is 0. The molecule has 0 aromatic heterocycles. The Balaban J connectivity index is 2.42. The van der Waals surface area contributed by atoms with E-state index in [2.05, 4.69) is 10.6 Å². The minimum atomic E-state index is -1.07. The Kier molecular flexibility index (Phi) is 4.55. The second-order valence-electron chi connectivity index (χ2n) is 3.84. The lowest BCUT2D eigenvalue weighted by atomic mass is 9.94. The molecule has 5 nitrogen and oxygen atoms in total. The largest absolute Gasteiger partial charge is 0.465 e. The first-order valence-electron chi connectivity index (χ1n) is 5.39. The lowest BCUT2D eigenvalue weighted by Gasteiger charge is -2.17. The number of rotatable bonds is 5. The van der Waals surface area contributed by atoms with Gasteiger partial charge in [0, 0.05) is 12.5 Å². The number of nitrogens with one attached hydrogen (secondary N) is 2.